The highest BCUT2D eigenvalue weighted by molar-refractivity contribution is 6.04. The molecule has 0 bridgehead atoms. The first-order valence-electron chi connectivity index (χ1n) is 12.7. The molecule has 9 nitrogen and oxygen atoms in total. The van der Waals surface area contributed by atoms with Crippen molar-refractivity contribution in [3.05, 3.63) is 102 Å². The summed E-state index contributed by atoms with van der Waals surface area (Å²) in [6, 6.07) is 24.3. The lowest BCUT2D eigenvalue weighted by Crippen LogP contribution is -2.34. The van der Waals surface area contributed by atoms with Crippen LogP contribution in [0.15, 0.2) is 90.0 Å². The van der Waals surface area contributed by atoms with Gasteiger partial charge in [-0.1, -0.05) is 37.3 Å². The summed E-state index contributed by atoms with van der Waals surface area (Å²) in [7, 11) is 1.55. The normalized spacial score (nSPS) is 10.8. The van der Waals surface area contributed by atoms with E-state index in [-0.39, 0.29) is 12.3 Å². The number of rotatable bonds is 11. The van der Waals surface area contributed by atoms with Gasteiger partial charge in [-0.25, -0.2) is 10.2 Å². The molecule has 0 unspecified atom stereocenters. The number of carbonyl (C=O) groups is 3. The van der Waals surface area contributed by atoms with Crippen molar-refractivity contribution >= 4 is 34.8 Å². The van der Waals surface area contributed by atoms with Crippen molar-refractivity contribution in [3.8, 4) is 17.2 Å². The van der Waals surface area contributed by atoms with Crippen molar-refractivity contribution in [1.29, 1.82) is 0 Å². The predicted molar refractivity (Wildman–Crippen MR) is 152 cm³/mol. The summed E-state index contributed by atoms with van der Waals surface area (Å²) in [6.45, 7) is 2.33. The van der Waals surface area contributed by atoms with Gasteiger partial charge in [0.2, 0.25) is 0 Å². The summed E-state index contributed by atoms with van der Waals surface area (Å²) < 4.78 is 16.3. The highest BCUT2D eigenvalue weighted by Gasteiger charge is 2.14. The number of hydrogen-bond donors (Lipinski definition) is 2. The highest BCUT2D eigenvalue weighted by Crippen LogP contribution is 2.27. The van der Waals surface area contributed by atoms with Crippen LogP contribution in [0.25, 0.3) is 10.8 Å². The number of methoxy groups -OCH3 is 1. The molecule has 204 valence electrons. The average Bonchev–Trinajstić information content (AvgIpc) is 2.99. The van der Waals surface area contributed by atoms with Gasteiger partial charge in [-0.05, 0) is 71.8 Å². The molecule has 2 N–H and O–H groups in total. The number of nitrogens with one attached hydrogen (secondary N) is 2. The molecule has 0 aromatic heterocycles. The SMILES string of the molecule is CCCOc1ccc(C(=O)NCC(=O)N/N=C/c2c(OC(=O)c3ccc(OC)cc3)ccc3ccccc23)cc1. The molecule has 0 aliphatic rings. The molecule has 4 aromatic rings. The van der Waals surface area contributed by atoms with E-state index in [1.807, 2.05) is 37.3 Å². The number of nitrogens with zero attached hydrogens (tertiary/aromatic N) is 1. The van der Waals surface area contributed by atoms with Gasteiger partial charge in [-0.15, -0.1) is 0 Å². The van der Waals surface area contributed by atoms with Crippen LogP contribution in [0.1, 0.15) is 39.6 Å². The summed E-state index contributed by atoms with van der Waals surface area (Å²) in [5.41, 5.74) is 3.66. The first kappa shape index (κ1) is 27.8. The Kier molecular flexibility index (Phi) is 9.44. The Bertz CT molecular complexity index is 1510. The molecular formula is C31H29N3O6. The Morgan fingerprint density at radius 2 is 1.55 bits per heavy atom. The van der Waals surface area contributed by atoms with Crippen LogP contribution in [-0.2, 0) is 4.79 Å². The summed E-state index contributed by atoms with van der Waals surface area (Å²) in [5, 5.41) is 8.28. The molecule has 0 spiro atoms. The third-order valence-corrected chi connectivity index (χ3v) is 5.84. The molecule has 4 rings (SSSR count). The average molecular weight is 540 g/mol. The van der Waals surface area contributed by atoms with E-state index >= 15 is 0 Å². The van der Waals surface area contributed by atoms with E-state index in [2.05, 4.69) is 15.8 Å². The predicted octanol–water partition coefficient (Wildman–Crippen LogP) is 4.74. The zero-order chi connectivity index (χ0) is 28.3. The molecule has 0 aliphatic heterocycles. The fourth-order valence-corrected chi connectivity index (χ4v) is 3.78. The van der Waals surface area contributed by atoms with Gasteiger partial charge in [0.05, 0.1) is 32.0 Å². The van der Waals surface area contributed by atoms with Gasteiger partial charge in [-0.3, -0.25) is 9.59 Å². The monoisotopic (exact) mass is 539 g/mol. The first-order chi connectivity index (χ1) is 19.5. The van der Waals surface area contributed by atoms with Crippen LogP contribution < -0.4 is 25.0 Å². The molecule has 9 heteroatoms. The Morgan fingerprint density at radius 1 is 0.850 bits per heavy atom. The van der Waals surface area contributed by atoms with Crippen LogP contribution in [0.2, 0.25) is 0 Å². The third-order valence-electron chi connectivity index (χ3n) is 5.84. The minimum atomic E-state index is -0.552. The largest absolute Gasteiger partial charge is 0.497 e. The van der Waals surface area contributed by atoms with Crippen LogP contribution in [-0.4, -0.2) is 44.3 Å². The molecule has 0 saturated heterocycles. The number of esters is 1. The molecule has 0 atom stereocenters. The molecule has 40 heavy (non-hydrogen) atoms. The smallest absolute Gasteiger partial charge is 0.343 e. The summed E-state index contributed by atoms with van der Waals surface area (Å²) in [4.78, 5) is 37.5. The van der Waals surface area contributed by atoms with E-state index in [9.17, 15) is 14.4 Å². The van der Waals surface area contributed by atoms with E-state index < -0.39 is 17.8 Å². The van der Waals surface area contributed by atoms with Gasteiger partial charge in [-0.2, -0.15) is 5.10 Å². The molecule has 4 aromatic carbocycles. The molecular weight excluding hydrogens is 510 g/mol. The Balaban J connectivity index is 1.41. The molecule has 0 saturated carbocycles. The first-order valence-corrected chi connectivity index (χ1v) is 12.7. The number of benzene rings is 4. The van der Waals surface area contributed by atoms with Crippen LogP contribution >= 0.6 is 0 Å². The van der Waals surface area contributed by atoms with Gasteiger partial charge in [0.15, 0.2) is 0 Å². The lowest BCUT2D eigenvalue weighted by atomic mass is 10.0. The molecule has 0 radical (unpaired) electrons. The lowest BCUT2D eigenvalue weighted by molar-refractivity contribution is -0.120. The van der Waals surface area contributed by atoms with E-state index in [0.717, 1.165) is 17.2 Å². The van der Waals surface area contributed by atoms with E-state index in [4.69, 9.17) is 14.2 Å². The number of hydrogen-bond acceptors (Lipinski definition) is 7. The zero-order valence-corrected chi connectivity index (χ0v) is 22.2. The van der Waals surface area contributed by atoms with Gasteiger partial charge >= 0.3 is 5.97 Å². The van der Waals surface area contributed by atoms with Crippen molar-refractivity contribution in [2.45, 2.75) is 13.3 Å². The maximum absolute atomic E-state index is 12.8. The van der Waals surface area contributed by atoms with E-state index in [0.29, 0.717) is 34.8 Å². The van der Waals surface area contributed by atoms with Crippen LogP contribution in [0.5, 0.6) is 17.2 Å². The van der Waals surface area contributed by atoms with Gasteiger partial charge in [0.25, 0.3) is 11.8 Å². The van der Waals surface area contributed by atoms with Gasteiger partial charge in [0.1, 0.15) is 17.2 Å². The number of amides is 2. The molecule has 0 heterocycles. The Labute approximate surface area is 231 Å². The zero-order valence-electron chi connectivity index (χ0n) is 22.2. The van der Waals surface area contributed by atoms with Crippen LogP contribution in [0.4, 0.5) is 0 Å². The highest BCUT2D eigenvalue weighted by atomic mass is 16.5. The topological polar surface area (TPSA) is 115 Å². The number of fused-ring (bicyclic) bond motifs is 1. The Hall–Kier alpha value is -5.18. The fourth-order valence-electron chi connectivity index (χ4n) is 3.78. The van der Waals surface area contributed by atoms with Crippen LogP contribution in [0.3, 0.4) is 0 Å². The number of carbonyl (C=O) groups excluding carboxylic acids is 3. The number of ether oxygens (including phenoxy) is 3. The fraction of sp³-hybridized carbons (Fsp3) is 0.161. The minimum Gasteiger partial charge on any atom is -0.497 e. The van der Waals surface area contributed by atoms with Crippen molar-refractivity contribution in [1.82, 2.24) is 10.7 Å². The maximum atomic E-state index is 12.8. The van der Waals surface area contributed by atoms with E-state index in [1.54, 1.807) is 61.7 Å². The standard InChI is InChI=1S/C31H29N3O6/c1-3-18-39-25-15-8-22(9-16-25)30(36)32-20-29(35)34-33-19-27-26-7-5-4-6-21(26)12-17-28(27)40-31(37)23-10-13-24(38-2)14-11-23/h4-17,19H,3,18,20H2,1-2H3,(H,32,36)(H,34,35)/b33-19+. The third kappa shape index (κ3) is 7.22. The van der Waals surface area contributed by atoms with Crippen molar-refractivity contribution in [2.75, 3.05) is 20.3 Å². The molecule has 0 aliphatic carbocycles. The summed E-state index contributed by atoms with van der Waals surface area (Å²) in [5.74, 6) is 0.0961. The second-order valence-electron chi connectivity index (χ2n) is 8.67. The van der Waals surface area contributed by atoms with Crippen molar-refractivity contribution in [3.63, 3.8) is 0 Å². The van der Waals surface area contributed by atoms with Crippen molar-refractivity contribution in [2.24, 2.45) is 5.10 Å². The second kappa shape index (κ2) is 13.6. The maximum Gasteiger partial charge on any atom is 0.343 e. The van der Waals surface area contributed by atoms with Gasteiger partial charge < -0.3 is 19.5 Å². The molecule has 0 fully saturated rings. The second-order valence-corrected chi connectivity index (χ2v) is 8.67. The van der Waals surface area contributed by atoms with Gasteiger partial charge in [0, 0.05) is 11.1 Å². The minimum absolute atomic E-state index is 0.275. The lowest BCUT2D eigenvalue weighted by Gasteiger charge is -2.11. The summed E-state index contributed by atoms with van der Waals surface area (Å²) in [6.07, 6.45) is 2.30. The Morgan fingerprint density at radius 3 is 2.27 bits per heavy atom. The van der Waals surface area contributed by atoms with Crippen molar-refractivity contribution < 1.29 is 28.6 Å². The quantitative estimate of drug-likeness (QED) is 0.123. The van der Waals surface area contributed by atoms with E-state index in [1.165, 1.54) is 6.21 Å². The number of hydrazone groups is 1. The van der Waals surface area contributed by atoms with Crippen LogP contribution in [0, 0.1) is 0 Å². The molecule has 2 amide bonds. The summed E-state index contributed by atoms with van der Waals surface area (Å²) >= 11 is 0.